The highest BCUT2D eigenvalue weighted by Gasteiger charge is 2.20. The van der Waals surface area contributed by atoms with E-state index < -0.39 is 15.9 Å². The largest absolute Gasteiger partial charge is 0.495 e. The van der Waals surface area contributed by atoms with Crippen LogP contribution in [0.3, 0.4) is 0 Å². The molecule has 0 aliphatic rings. The van der Waals surface area contributed by atoms with Gasteiger partial charge in [-0.05, 0) is 37.3 Å². The predicted molar refractivity (Wildman–Crippen MR) is 112 cm³/mol. The molecule has 0 bridgehead atoms. The van der Waals surface area contributed by atoms with Gasteiger partial charge in [-0.1, -0.05) is 18.9 Å². The lowest BCUT2D eigenvalue weighted by Gasteiger charge is -2.19. The number of benzene rings is 2. The van der Waals surface area contributed by atoms with E-state index in [0.29, 0.717) is 11.4 Å². The van der Waals surface area contributed by atoms with Gasteiger partial charge >= 0.3 is 6.03 Å². The van der Waals surface area contributed by atoms with Gasteiger partial charge in [-0.25, -0.2) is 22.5 Å². The maximum absolute atomic E-state index is 12.8. The molecule has 8 nitrogen and oxygen atoms in total. The van der Waals surface area contributed by atoms with Crippen LogP contribution >= 0.6 is 12.8 Å². The number of amides is 2. The summed E-state index contributed by atoms with van der Waals surface area (Å²) in [5, 5.41) is 2.65. The second kappa shape index (κ2) is 7.36. The molecular formula is C18H20N4O4S2. The fourth-order valence-corrected chi connectivity index (χ4v) is 3.69. The van der Waals surface area contributed by atoms with Crippen molar-refractivity contribution < 1.29 is 17.9 Å². The molecular weight excluding hydrogens is 400 g/mol. The molecule has 1 aromatic heterocycles. The summed E-state index contributed by atoms with van der Waals surface area (Å²) < 4.78 is 31.9. The summed E-state index contributed by atoms with van der Waals surface area (Å²) in [6.45, 7) is 1.87. The number of rotatable bonds is 4. The summed E-state index contributed by atoms with van der Waals surface area (Å²) in [4.78, 5) is 17.3. The molecule has 3 rings (SSSR count). The normalized spacial score (nSPS) is 11.5. The fraction of sp³-hybridized carbons (Fsp3) is 0.222. The molecule has 0 radical (unpaired) electrons. The Bertz CT molecular complexity index is 1170. The zero-order chi connectivity index (χ0) is 20.6. The minimum Gasteiger partial charge on any atom is -0.495 e. The summed E-state index contributed by atoms with van der Waals surface area (Å²) in [6, 6.07) is 9.07. The van der Waals surface area contributed by atoms with E-state index in [9.17, 15) is 13.2 Å². The van der Waals surface area contributed by atoms with Gasteiger partial charge in [-0.2, -0.15) is 0 Å². The van der Waals surface area contributed by atoms with Gasteiger partial charge in [0.2, 0.25) is 0 Å². The van der Waals surface area contributed by atoms with E-state index in [1.54, 1.807) is 12.1 Å². The van der Waals surface area contributed by atoms with Crippen molar-refractivity contribution >= 4 is 51.1 Å². The van der Waals surface area contributed by atoms with Gasteiger partial charge in [0, 0.05) is 13.3 Å². The lowest BCUT2D eigenvalue weighted by atomic mass is 10.2. The third-order valence-corrected chi connectivity index (χ3v) is 5.87. The van der Waals surface area contributed by atoms with Crippen molar-refractivity contribution in [2.45, 2.75) is 11.8 Å². The van der Waals surface area contributed by atoms with E-state index in [0.717, 1.165) is 27.4 Å². The first-order valence-corrected chi connectivity index (χ1v) is 10.5. The number of aryl methyl sites for hydroxylation is 2. The number of urea groups is 1. The molecule has 3 aromatic rings. The number of imidazole rings is 1. The highest BCUT2D eigenvalue weighted by molar-refractivity contribution is 7.90. The van der Waals surface area contributed by atoms with Crippen molar-refractivity contribution in [2.24, 2.45) is 7.05 Å². The Morgan fingerprint density at radius 3 is 2.64 bits per heavy atom. The first kappa shape index (κ1) is 20.0. The SMILES string of the molecule is COc1ccc(S(C)(=O)=O)cc1NC(=O)N(S)c1cccc2nc(C)n(C)c12. The van der Waals surface area contributed by atoms with Gasteiger partial charge in [-0.15, -0.1) is 0 Å². The maximum Gasteiger partial charge on any atom is 0.336 e. The Morgan fingerprint density at radius 2 is 2.00 bits per heavy atom. The first-order valence-electron chi connectivity index (χ1n) is 8.23. The van der Waals surface area contributed by atoms with Gasteiger partial charge < -0.3 is 14.6 Å². The second-order valence-electron chi connectivity index (χ2n) is 6.24. The summed E-state index contributed by atoms with van der Waals surface area (Å²) in [6.07, 6.45) is 1.09. The number of ether oxygens (including phenoxy) is 1. The molecule has 0 fully saturated rings. The number of sulfone groups is 1. The predicted octanol–water partition coefficient (Wildman–Crippen LogP) is 3.18. The highest BCUT2D eigenvalue weighted by Crippen LogP contribution is 2.31. The number of nitrogens with zero attached hydrogens (tertiary/aromatic N) is 3. The van der Waals surface area contributed by atoms with Crippen molar-refractivity contribution in [3.8, 4) is 5.75 Å². The molecule has 0 spiro atoms. The Labute approximate surface area is 168 Å². The summed E-state index contributed by atoms with van der Waals surface area (Å²) >= 11 is 4.34. The molecule has 0 atom stereocenters. The number of aromatic nitrogens is 2. The zero-order valence-electron chi connectivity index (χ0n) is 15.8. The number of para-hydroxylation sites is 1. The molecule has 148 valence electrons. The van der Waals surface area contributed by atoms with Crippen molar-refractivity contribution in [2.75, 3.05) is 23.0 Å². The molecule has 0 aliphatic heterocycles. The Balaban J connectivity index is 1.98. The van der Waals surface area contributed by atoms with Gasteiger partial charge in [0.25, 0.3) is 0 Å². The minimum absolute atomic E-state index is 0.0682. The van der Waals surface area contributed by atoms with Crippen LogP contribution < -0.4 is 14.4 Å². The third kappa shape index (κ3) is 3.65. The van der Waals surface area contributed by atoms with Gasteiger partial charge in [0.15, 0.2) is 9.84 Å². The quantitative estimate of drug-likeness (QED) is 0.633. The third-order valence-electron chi connectivity index (χ3n) is 4.36. The minimum atomic E-state index is -3.44. The van der Waals surface area contributed by atoms with E-state index in [4.69, 9.17) is 4.74 Å². The van der Waals surface area contributed by atoms with E-state index in [-0.39, 0.29) is 10.6 Å². The van der Waals surface area contributed by atoms with E-state index >= 15 is 0 Å². The van der Waals surface area contributed by atoms with Crippen LogP contribution in [0.25, 0.3) is 11.0 Å². The van der Waals surface area contributed by atoms with Crippen LogP contribution in [0.1, 0.15) is 5.82 Å². The van der Waals surface area contributed by atoms with Crippen molar-refractivity contribution in [3.05, 3.63) is 42.2 Å². The number of hydrogen-bond acceptors (Lipinski definition) is 6. The van der Waals surface area contributed by atoms with E-state index in [1.165, 1.54) is 25.3 Å². The lowest BCUT2D eigenvalue weighted by molar-refractivity contribution is 0.260. The van der Waals surface area contributed by atoms with Crippen LogP contribution in [0.5, 0.6) is 5.75 Å². The number of anilines is 2. The molecule has 0 saturated carbocycles. The molecule has 2 amide bonds. The number of thiol groups is 1. The van der Waals surface area contributed by atoms with Crippen LogP contribution in [-0.4, -0.2) is 37.4 Å². The van der Waals surface area contributed by atoms with Gasteiger partial charge in [-0.3, -0.25) is 0 Å². The number of methoxy groups -OCH3 is 1. The fourth-order valence-electron chi connectivity index (χ4n) is 2.83. The number of fused-ring (bicyclic) bond motifs is 1. The van der Waals surface area contributed by atoms with Crippen LogP contribution in [0.15, 0.2) is 41.3 Å². The van der Waals surface area contributed by atoms with Crippen LogP contribution in [0, 0.1) is 6.92 Å². The van der Waals surface area contributed by atoms with E-state index in [1.807, 2.05) is 24.6 Å². The molecule has 10 heteroatoms. The molecule has 1 N–H and O–H groups in total. The molecule has 1 heterocycles. The number of carbonyl (C=O) groups is 1. The molecule has 2 aromatic carbocycles. The molecule has 28 heavy (non-hydrogen) atoms. The monoisotopic (exact) mass is 420 g/mol. The Hall–Kier alpha value is -2.72. The van der Waals surface area contributed by atoms with Crippen LogP contribution in [0.4, 0.5) is 16.2 Å². The smallest absolute Gasteiger partial charge is 0.336 e. The number of nitrogens with one attached hydrogen (secondary N) is 1. The molecule has 0 saturated heterocycles. The lowest BCUT2D eigenvalue weighted by Crippen LogP contribution is -2.27. The standard InChI is InChI=1S/C18H20N4O4S2/c1-11-19-13-6-5-7-15(17(13)21(11)2)22(27)18(23)20-14-10-12(28(4,24)25)8-9-16(14)26-3/h5-10,27H,1-4H3,(H,20,23). The zero-order valence-corrected chi connectivity index (χ0v) is 17.5. The summed E-state index contributed by atoms with van der Waals surface area (Å²) in [5.74, 6) is 1.13. The first-order chi connectivity index (χ1) is 13.1. The van der Waals surface area contributed by atoms with Gasteiger partial charge in [0.05, 0.1) is 34.4 Å². The number of carbonyl (C=O) groups excluding carboxylic acids is 1. The highest BCUT2D eigenvalue weighted by atomic mass is 32.2. The molecule has 0 aliphatic carbocycles. The summed E-state index contributed by atoms with van der Waals surface area (Å²) in [5.41, 5.74) is 2.26. The second-order valence-corrected chi connectivity index (χ2v) is 8.65. The summed E-state index contributed by atoms with van der Waals surface area (Å²) in [7, 11) is -0.155. The average Bonchev–Trinajstić information content (AvgIpc) is 2.94. The number of hydrogen-bond donors (Lipinski definition) is 2. The Kier molecular flexibility index (Phi) is 5.26. The maximum atomic E-state index is 12.8. The Morgan fingerprint density at radius 1 is 1.29 bits per heavy atom. The van der Waals surface area contributed by atoms with Crippen molar-refractivity contribution in [1.29, 1.82) is 0 Å². The average molecular weight is 421 g/mol. The van der Waals surface area contributed by atoms with Crippen LogP contribution in [0.2, 0.25) is 0 Å². The van der Waals surface area contributed by atoms with E-state index in [2.05, 4.69) is 23.1 Å². The van der Waals surface area contributed by atoms with Crippen molar-refractivity contribution in [1.82, 2.24) is 9.55 Å². The topological polar surface area (TPSA) is 93.5 Å². The molecule has 0 unspecified atom stereocenters. The van der Waals surface area contributed by atoms with Crippen molar-refractivity contribution in [3.63, 3.8) is 0 Å². The van der Waals surface area contributed by atoms with Crippen LogP contribution in [-0.2, 0) is 16.9 Å². The van der Waals surface area contributed by atoms with Gasteiger partial charge in [0.1, 0.15) is 11.6 Å².